The predicted molar refractivity (Wildman–Crippen MR) is 106 cm³/mol. The molecular weight excluding hydrogens is 439 g/mol. The Hall–Kier alpha value is -3.05. The molecular formula is C18H17F3N5O4S+. The number of pyridine rings is 1. The van der Waals surface area contributed by atoms with Gasteiger partial charge in [-0.2, -0.15) is 31.8 Å². The first-order chi connectivity index (χ1) is 14.4. The molecule has 31 heavy (non-hydrogen) atoms. The predicted octanol–water partition coefficient (Wildman–Crippen LogP) is 2.48. The Kier molecular flexibility index (Phi) is 5.76. The molecule has 1 aliphatic heterocycles. The number of nitrogens with two attached hydrogens (primary N) is 1. The first kappa shape index (κ1) is 22.6. The number of hydrogen-bond donors (Lipinski definition) is 1. The highest BCUT2D eigenvalue weighted by molar-refractivity contribution is 7.86. The normalized spacial score (nSPS) is 18.0. The van der Waals surface area contributed by atoms with Gasteiger partial charge < -0.3 is 10.5 Å². The molecule has 0 radical (unpaired) electrons. The average molecular weight is 456 g/mol. The Bertz CT molecular complexity index is 1210. The number of fused-ring (bicyclic) bond motifs is 1. The topological polar surface area (TPSA) is 128 Å². The molecule has 0 saturated heterocycles. The fourth-order valence-corrected chi connectivity index (χ4v) is 3.67. The molecule has 0 bridgehead atoms. The van der Waals surface area contributed by atoms with Crippen LogP contribution in [0, 0.1) is 11.3 Å². The number of rotatable bonds is 6. The van der Waals surface area contributed by atoms with Crippen molar-refractivity contribution >= 4 is 27.8 Å². The van der Waals surface area contributed by atoms with E-state index in [1.54, 1.807) is 0 Å². The second-order valence-corrected chi connectivity index (χ2v) is 8.25. The number of aliphatic imine (C=N–C) groups is 1. The molecule has 1 atom stereocenters. The summed E-state index contributed by atoms with van der Waals surface area (Å²) in [6.45, 7) is -0.0676. The van der Waals surface area contributed by atoms with Gasteiger partial charge in [-0.25, -0.2) is 4.98 Å². The molecule has 1 unspecified atom stereocenters. The summed E-state index contributed by atoms with van der Waals surface area (Å²) in [7, 11) is -2.59. The highest BCUT2D eigenvalue weighted by Crippen LogP contribution is 2.43. The van der Waals surface area contributed by atoms with Crippen molar-refractivity contribution in [2.24, 2.45) is 10.7 Å². The second kappa shape index (κ2) is 7.89. The minimum Gasteiger partial charge on any atom is -0.492 e. The molecule has 3 rings (SSSR count). The lowest BCUT2D eigenvalue weighted by Crippen LogP contribution is -2.43. The van der Waals surface area contributed by atoms with E-state index in [-0.39, 0.29) is 41.5 Å². The van der Waals surface area contributed by atoms with E-state index in [1.165, 1.54) is 19.2 Å². The van der Waals surface area contributed by atoms with Crippen LogP contribution in [0.1, 0.15) is 11.3 Å². The minimum absolute atomic E-state index is 0.00174. The summed E-state index contributed by atoms with van der Waals surface area (Å²) in [6.07, 6.45) is -2.74. The molecule has 1 aliphatic rings. The molecule has 1 aromatic carbocycles. The summed E-state index contributed by atoms with van der Waals surface area (Å²) in [6, 6.07) is 6.45. The number of hydroxylamine groups is 2. The SMILES string of the molecule is C[N+]1(OS(C)(=O)=O)C=Nc2c1cc(-c1ccc(OCCN)c(C(F)(F)F)c1)nc2C#N. The maximum absolute atomic E-state index is 13.6. The molecule has 2 aromatic rings. The van der Waals surface area contributed by atoms with E-state index in [4.69, 9.17) is 14.8 Å². The van der Waals surface area contributed by atoms with Gasteiger partial charge in [0.15, 0.2) is 11.4 Å². The van der Waals surface area contributed by atoms with Gasteiger partial charge in [0.25, 0.3) is 0 Å². The quantitative estimate of drug-likeness (QED) is 0.662. The fraction of sp³-hybridized carbons (Fsp3) is 0.278. The summed E-state index contributed by atoms with van der Waals surface area (Å²) in [5, 5.41) is 9.44. The molecule has 2 N–H and O–H groups in total. The summed E-state index contributed by atoms with van der Waals surface area (Å²) in [5.41, 5.74) is 4.28. The molecule has 0 spiro atoms. The number of nitriles is 1. The molecule has 2 heterocycles. The number of benzene rings is 1. The molecule has 1 aromatic heterocycles. The van der Waals surface area contributed by atoms with Crippen molar-refractivity contribution in [1.82, 2.24) is 9.63 Å². The van der Waals surface area contributed by atoms with Crippen LogP contribution >= 0.6 is 0 Å². The standard InChI is InChI=1S/C18H17F3N5O4S/c1-26(30-31(2,27)28)10-24-17-14(9-23)25-13(8-15(17)26)11-3-4-16(29-6-5-22)12(7-11)18(19,20)21/h3-4,7-8,10H,5-6,22H2,1-2H3/q+1. The third-order valence-electron chi connectivity index (χ3n) is 4.21. The maximum Gasteiger partial charge on any atom is 0.419 e. The number of halogens is 3. The number of quaternary nitrogens is 1. The van der Waals surface area contributed by atoms with Crippen molar-refractivity contribution in [2.75, 3.05) is 26.5 Å². The van der Waals surface area contributed by atoms with E-state index in [9.17, 15) is 26.9 Å². The molecule has 0 saturated carbocycles. The summed E-state index contributed by atoms with van der Waals surface area (Å²) >= 11 is 0. The summed E-state index contributed by atoms with van der Waals surface area (Å²) in [4.78, 5) is 8.10. The Morgan fingerprint density at radius 3 is 2.58 bits per heavy atom. The van der Waals surface area contributed by atoms with Gasteiger partial charge in [0.05, 0.1) is 17.5 Å². The zero-order chi connectivity index (χ0) is 23.0. The Morgan fingerprint density at radius 2 is 2.00 bits per heavy atom. The molecule has 0 aliphatic carbocycles. The van der Waals surface area contributed by atoms with Crippen LogP contribution in [-0.4, -0.2) is 46.2 Å². The first-order valence-electron chi connectivity index (χ1n) is 8.71. The molecule has 164 valence electrons. The number of alkyl halides is 3. The maximum atomic E-state index is 13.6. The Labute approximate surface area is 175 Å². The molecule has 0 amide bonds. The van der Waals surface area contributed by atoms with Gasteiger partial charge in [0, 0.05) is 18.2 Å². The zero-order valence-electron chi connectivity index (χ0n) is 16.3. The van der Waals surface area contributed by atoms with Crippen molar-refractivity contribution in [1.29, 1.82) is 5.26 Å². The van der Waals surface area contributed by atoms with Gasteiger partial charge >= 0.3 is 16.3 Å². The first-order valence-corrected chi connectivity index (χ1v) is 10.5. The van der Waals surface area contributed by atoms with Crippen molar-refractivity contribution in [2.45, 2.75) is 6.18 Å². The van der Waals surface area contributed by atoms with E-state index < -0.39 is 32.3 Å². The smallest absolute Gasteiger partial charge is 0.419 e. The third-order valence-corrected chi connectivity index (χ3v) is 4.79. The van der Waals surface area contributed by atoms with Gasteiger partial charge in [-0.05, 0) is 18.2 Å². The fourth-order valence-electron chi connectivity index (χ4n) is 2.99. The van der Waals surface area contributed by atoms with Gasteiger partial charge in [-0.15, -0.1) is 0 Å². The van der Waals surface area contributed by atoms with Crippen LogP contribution in [0.5, 0.6) is 5.75 Å². The van der Waals surface area contributed by atoms with Crippen LogP contribution in [0.2, 0.25) is 0 Å². The van der Waals surface area contributed by atoms with Crippen molar-refractivity contribution < 1.29 is 30.6 Å². The number of ether oxygens (including phenoxy) is 1. The number of hydrogen-bond acceptors (Lipinski definition) is 8. The average Bonchev–Trinajstić information content (AvgIpc) is 2.99. The Balaban J connectivity index is 2.16. The van der Waals surface area contributed by atoms with Crippen LogP contribution in [0.3, 0.4) is 0 Å². The second-order valence-electron chi connectivity index (χ2n) is 6.69. The molecule has 13 heteroatoms. The number of aromatic nitrogens is 1. The van der Waals surface area contributed by atoms with Crippen molar-refractivity contribution in [3.8, 4) is 23.1 Å². The van der Waals surface area contributed by atoms with Crippen molar-refractivity contribution in [3.63, 3.8) is 0 Å². The van der Waals surface area contributed by atoms with Crippen LogP contribution in [0.15, 0.2) is 29.3 Å². The summed E-state index contributed by atoms with van der Waals surface area (Å²) < 4.78 is 73.4. The largest absolute Gasteiger partial charge is 0.492 e. The molecule has 0 fully saturated rings. The van der Waals surface area contributed by atoms with Gasteiger partial charge in [-0.3, -0.25) is 0 Å². The van der Waals surface area contributed by atoms with Gasteiger partial charge in [0.2, 0.25) is 12.0 Å². The van der Waals surface area contributed by atoms with Crippen LogP contribution in [0.4, 0.5) is 24.5 Å². The minimum atomic E-state index is -4.72. The summed E-state index contributed by atoms with van der Waals surface area (Å²) in [5.74, 6) is -0.396. The van der Waals surface area contributed by atoms with E-state index in [0.717, 1.165) is 24.7 Å². The van der Waals surface area contributed by atoms with E-state index in [0.29, 0.717) is 0 Å². The van der Waals surface area contributed by atoms with Crippen LogP contribution < -0.4 is 15.1 Å². The Morgan fingerprint density at radius 1 is 1.29 bits per heavy atom. The molecule has 9 nitrogen and oxygen atoms in total. The highest BCUT2D eigenvalue weighted by Gasteiger charge is 2.41. The van der Waals surface area contributed by atoms with E-state index in [2.05, 4.69) is 9.98 Å². The third kappa shape index (κ3) is 4.67. The number of nitrogens with zero attached hydrogens (tertiary/aromatic N) is 4. The van der Waals surface area contributed by atoms with E-state index in [1.807, 2.05) is 6.07 Å². The zero-order valence-corrected chi connectivity index (χ0v) is 17.2. The van der Waals surface area contributed by atoms with Crippen LogP contribution in [-0.2, 0) is 20.6 Å². The van der Waals surface area contributed by atoms with Gasteiger partial charge in [0.1, 0.15) is 25.5 Å². The van der Waals surface area contributed by atoms with E-state index >= 15 is 0 Å². The highest BCUT2D eigenvalue weighted by atomic mass is 32.2. The van der Waals surface area contributed by atoms with Crippen LogP contribution in [0.25, 0.3) is 11.3 Å². The lowest BCUT2D eigenvalue weighted by molar-refractivity contribution is -0.138. The van der Waals surface area contributed by atoms with Gasteiger partial charge in [-0.1, -0.05) is 8.93 Å². The lowest BCUT2D eigenvalue weighted by Gasteiger charge is -2.21. The van der Waals surface area contributed by atoms with Crippen molar-refractivity contribution in [3.05, 3.63) is 35.5 Å². The monoisotopic (exact) mass is 456 g/mol. The lowest BCUT2D eigenvalue weighted by atomic mass is 10.0.